The topological polar surface area (TPSA) is 24.9 Å². The van der Waals surface area contributed by atoms with E-state index in [0.717, 1.165) is 28.9 Å². The number of benzene rings is 1. The van der Waals surface area contributed by atoms with Crippen LogP contribution in [-0.2, 0) is 0 Å². The van der Waals surface area contributed by atoms with E-state index in [1.807, 2.05) is 0 Å². The molecule has 3 heteroatoms. The van der Waals surface area contributed by atoms with Gasteiger partial charge in [0.1, 0.15) is 0 Å². The Balaban J connectivity index is 1.98. The highest BCUT2D eigenvalue weighted by molar-refractivity contribution is 9.10. The molecule has 21 heavy (non-hydrogen) atoms. The number of halogens is 1. The first-order valence-electron chi connectivity index (χ1n) is 8.08. The Hall–Kier alpha value is -0.930. The summed E-state index contributed by atoms with van der Waals surface area (Å²) in [5, 5.41) is 4.94. The van der Waals surface area contributed by atoms with Crippen LogP contribution in [0.3, 0.4) is 0 Å². The summed E-state index contributed by atoms with van der Waals surface area (Å²) in [6.07, 6.45) is 6.53. The van der Waals surface area contributed by atoms with Crippen LogP contribution in [0.4, 0.5) is 0 Å². The van der Waals surface area contributed by atoms with E-state index in [0.29, 0.717) is 6.04 Å². The van der Waals surface area contributed by atoms with Crippen LogP contribution in [0.2, 0.25) is 0 Å². The molecule has 2 aromatic rings. The standard InChI is InChI=1S/C18H23BrN2/c1-2-11-20-17(13-7-3-4-8-13)18-15(19)12-14-9-5-6-10-16(14)21-18/h5-6,9-10,12-13,17,20H,2-4,7-8,11H2,1H3. The zero-order valence-electron chi connectivity index (χ0n) is 12.6. The van der Waals surface area contributed by atoms with Gasteiger partial charge in [-0.05, 0) is 59.8 Å². The molecular weight excluding hydrogens is 324 g/mol. The molecule has 1 atom stereocenters. The Bertz CT molecular complexity index is 605. The van der Waals surface area contributed by atoms with Crippen LogP contribution in [0.1, 0.15) is 50.8 Å². The predicted octanol–water partition coefficient (Wildman–Crippen LogP) is 5.23. The van der Waals surface area contributed by atoms with Crippen LogP contribution in [0, 0.1) is 5.92 Å². The first kappa shape index (κ1) is 15.0. The molecule has 0 aliphatic heterocycles. The lowest BCUT2D eigenvalue weighted by molar-refractivity contribution is 0.361. The number of hydrogen-bond donors (Lipinski definition) is 1. The maximum atomic E-state index is 4.96. The van der Waals surface area contributed by atoms with Gasteiger partial charge in [-0.1, -0.05) is 38.0 Å². The summed E-state index contributed by atoms with van der Waals surface area (Å²) >= 11 is 3.75. The maximum absolute atomic E-state index is 4.96. The van der Waals surface area contributed by atoms with Crippen LogP contribution in [0.25, 0.3) is 10.9 Å². The van der Waals surface area contributed by atoms with Gasteiger partial charge in [0.25, 0.3) is 0 Å². The maximum Gasteiger partial charge on any atom is 0.0725 e. The third-order valence-electron chi connectivity index (χ3n) is 4.48. The quantitative estimate of drug-likeness (QED) is 0.801. The number of pyridine rings is 1. The Kier molecular flexibility index (Phi) is 4.91. The van der Waals surface area contributed by atoms with Crippen LogP contribution in [-0.4, -0.2) is 11.5 Å². The summed E-state index contributed by atoms with van der Waals surface area (Å²) in [6, 6.07) is 11.0. The highest BCUT2D eigenvalue weighted by Crippen LogP contribution is 2.38. The number of para-hydroxylation sites is 1. The van der Waals surface area contributed by atoms with Crippen molar-refractivity contribution in [1.29, 1.82) is 0 Å². The van der Waals surface area contributed by atoms with Crippen LogP contribution < -0.4 is 5.32 Å². The minimum Gasteiger partial charge on any atom is -0.308 e. The highest BCUT2D eigenvalue weighted by Gasteiger charge is 2.28. The lowest BCUT2D eigenvalue weighted by Crippen LogP contribution is -2.29. The summed E-state index contributed by atoms with van der Waals surface area (Å²) in [7, 11) is 0. The molecule has 2 nitrogen and oxygen atoms in total. The van der Waals surface area contributed by atoms with E-state index in [1.165, 1.54) is 36.8 Å². The molecule has 1 aromatic heterocycles. The van der Waals surface area contributed by atoms with Gasteiger partial charge in [-0.2, -0.15) is 0 Å². The molecule has 1 saturated carbocycles. The van der Waals surface area contributed by atoms with Crippen LogP contribution in [0.5, 0.6) is 0 Å². The van der Waals surface area contributed by atoms with Crippen molar-refractivity contribution in [2.75, 3.05) is 6.54 Å². The molecule has 1 heterocycles. The second-order valence-electron chi connectivity index (χ2n) is 6.02. The molecule has 0 saturated heterocycles. The van der Waals surface area contributed by atoms with E-state index in [1.54, 1.807) is 0 Å². The van der Waals surface area contributed by atoms with Gasteiger partial charge in [0.05, 0.1) is 17.3 Å². The van der Waals surface area contributed by atoms with Gasteiger partial charge in [-0.15, -0.1) is 0 Å². The third-order valence-corrected chi connectivity index (χ3v) is 5.12. The molecule has 0 amide bonds. The average molecular weight is 347 g/mol. The largest absolute Gasteiger partial charge is 0.308 e. The van der Waals surface area contributed by atoms with Crippen molar-refractivity contribution in [2.24, 2.45) is 5.92 Å². The number of nitrogens with zero attached hydrogens (tertiary/aromatic N) is 1. The number of rotatable bonds is 5. The minimum absolute atomic E-state index is 0.381. The lowest BCUT2D eigenvalue weighted by Gasteiger charge is -2.25. The fraction of sp³-hybridized carbons (Fsp3) is 0.500. The smallest absolute Gasteiger partial charge is 0.0725 e. The van der Waals surface area contributed by atoms with Crippen molar-refractivity contribution < 1.29 is 0 Å². The van der Waals surface area contributed by atoms with Crippen molar-refractivity contribution in [3.63, 3.8) is 0 Å². The zero-order valence-corrected chi connectivity index (χ0v) is 14.2. The van der Waals surface area contributed by atoms with Crippen molar-refractivity contribution in [2.45, 2.75) is 45.1 Å². The number of hydrogen-bond acceptors (Lipinski definition) is 2. The van der Waals surface area contributed by atoms with E-state index < -0.39 is 0 Å². The second-order valence-corrected chi connectivity index (χ2v) is 6.88. The van der Waals surface area contributed by atoms with Gasteiger partial charge in [0.2, 0.25) is 0 Å². The minimum atomic E-state index is 0.381. The van der Waals surface area contributed by atoms with Crippen LogP contribution >= 0.6 is 15.9 Å². The lowest BCUT2D eigenvalue weighted by atomic mass is 9.94. The summed E-state index contributed by atoms with van der Waals surface area (Å²) in [5.41, 5.74) is 2.28. The highest BCUT2D eigenvalue weighted by atomic mass is 79.9. The molecule has 112 valence electrons. The normalized spacial score (nSPS) is 17.4. The monoisotopic (exact) mass is 346 g/mol. The van der Waals surface area contributed by atoms with Gasteiger partial charge >= 0.3 is 0 Å². The first-order chi connectivity index (χ1) is 10.3. The molecule has 0 bridgehead atoms. The Morgan fingerprint density at radius 3 is 2.81 bits per heavy atom. The average Bonchev–Trinajstić information content (AvgIpc) is 3.02. The second kappa shape index (κ2) is 6.89. The SMILES string of the molecule is CCCNC(c1nc2ccccc2cc1Br)C1CCCC1. The molecule has 1 fully saturated rings. The molecule has 1 N–H and O–H groups in total. The van der Waals surface area contributed by atoms with Gasteiger partial charge in [0, 0.05) is 9.86 Å². The van der Waals surface area contributed by atoms with E-state index >= 15 is 0 Å². The fourth-order valence-electron chi connectivity index (χ4n) is 3.40. The number of nitrogens with one attached hydrogen (secondary N) is 1. The molecule has 1 aromatic carbocycles. The molecule has 0 spiro atoms. The Labute approximate surface area is 135 Å². The van der Waals surface area contributed by atoms with Crippen molar-refractivity contribution in [3.05, 3.63) is 40.5 Å². The summed E-state index contributed by atoms with van der Waals surface area (Å²) < 4.78 is 1.14. The predicted molar refractivity (Wildman–Crippen MR) is 92.4 cm³/mol. The van der Waals surface area contributed by atoms with E-state index in [4.69, 9.17) is 4.98 Å². The zero-order chi connectivity index (χ0) is 14.7. The van der Waals surface area contributed by atoms with Gasteiger partial charge < -0.3 is 5.32 Å². The Morgan fingerprint density at radius 1 is 1.29 bits per heavy atom. The van der Waals surface area contributed by atoms with Crippen LogP contribution in [0.15, 0.2) is 34.8 Å². The Morgan fingerprint density at radius 2 is 2.05 bits per heavy atom. The number of aromatic nitrogens is 1. The van der Waals surface area contributed by atoms with Crippen molar-refractivity contribution in [3.8, 4) is 0 Å². The van der Waals surface area contributed by atoms with Gasteiger partial charge in [-0.3, -0.25) is 0 Å². The summed E-state index contributed by atoms with van der Waals surface area (Å²) in [4.78, 5) is 4.96. The molecule has 1 aliphatic carbocycles. The third kappa shape index (κ3) is 3.29. The molecule has 1 aliphatic rings. The van der Waals surface area contributed by atoms with E-state index in [2.05, 4.69) is 58.5 Å². The summed E-state index contributed by atoms with van der Waals surface area (Å²) in [5.74, 6) is 0.724. The van der Waals surface area contributed by atoms with Crippen molar-refractivity contribution in [1.82, 2.24) is 10.3 Å². The molecule has 3 rings (SSSR count). The van der Waals surface area contributed by atoms with Crippen molar-refractivity contribution >= 4 is 26.8 Å². The fourth-order valence-corrected chi connectivity index (χ4v) is 3.98. The first-order valence-corrected chi connectivity index (χ1v) is 8.87. The number of fused-ring (bicyclic) bond motifs is 1. The summed E-state index contributed by atoms with van der Waals surface area (Å²) in [6.45, 7) is 3.28. The van der Waals surface area contributed by atoms with E-state index in [9.17, 15) is 0 Å². The van der Waals surface area contributed by atoms with Gasteiger partial charge in [-0.25, -0.2) is 4.98 Å². The molecular formula is C18H23BrN2. The van der Waals surface area contributed by atoms with Gasteiger partial charge in [0.15, 0.2) is 0 Å². The van der Waals surface area contributed by atoms with E-state index in [-0.39, 0.29) is 0 Å². The molecule has 0 radical (unpaired) electrons. The molecule has 1 unspecified atom stereocenters.